The molecule has 13 heavy (non-hydrogen) atoms. The van der Waals surface area contributed by atoms with Crippen LogP contribution in [0.4, 0.5) is 0 Å². The van der Waals surface area contributed by atoms with Crippen LogP contribution in [0.15, 0.2) is 0 Å². The van der Waals surface area contributed by atoms with Crippen LogP contribution in [-0.4, -0.2) is 24.8 Å². The summed E-state index contributed by atoms with van der Waals surface area (Å²) in [5.74, 6) is 0. The Labute approximate surface area is 82.7 Å². The summed E-state index contributed by atoms with van der Waals surface area (Å²) in [6.07, 6.45) is 1.34. The van der Waals surface area contributed by atoms with E-state index in [1.54, 1.807) is 6.92 Å². The number of nitrogens with one attached hydrogen (secondary N) is 1. The molecule has 0 saturated heterocycles. The van der Waals surface area contributed by atoms with E-state index in [4.69, 9.17) is 5.11 Å². The predicted octanol–water partition coefficient (Wildman–Crippen LogP) is 2.03. The zero-order valence-corrected chi connectivity index (χ0v) is 9.94. The van der Waals surface area contributed by atoms with E-state index < -0.39 is 0 Å². The maximum absolute atomic E-state index is 7.57. The maximum atomic E-state index is 7.57. The first-order valence-corrected chi connectivity index (χ1v) is 5.10. The number of aliphatic hydroxyl groups is 1. The summed E-state index contributed by atoms with van der Waals surface area (Å²) < 4.78 is 0. The van der Waals surface area contributed by atoms with Crippen molar-refractivity contribution in [3.63, 3.8) is 0 Å². The first-order chi connectivity index (χ1) is 5.81. The molecule has 2 N–H and O–H groups in total. The molecule has 80 valence electrons. The van der Waals surface area contributed by atoms with Crippen LogP contribution in [0.1, 0.15) is 41.0 Å². The largest absolute Gasteiger partial charge is 0.397 e. The Kier molecular flexibility index (Phi) is 4.40. The zero-order chi connectivity index (χ0) is 10.7. The van der Waals surface area contributed by atoms with E-state index in [0.717, 1.165) is 0 Å². The Morgan fingerprint density at radius 2 is 1.54 bits per heavy atom. The van der Waals surface area contributed by atoms with Gasteiger partial charge in [0.1, 0.15) is 0 Å². The van der Waals surface area contributed by atoms with Gasteiger partial charge in [-0.25, -0.2) is 0 Å². The molecule has 2 heteroatoms. The molecule has 0 aliphatic heterocycles. The van der Waals surface area contributed by atoms with Crippen LogP contribution in [0.25, 0.3) is 0 Å². The quantitative estimate of drug-likeness (QED) is 0.658. The number of hydrogen-bond donors (Lipinski definition) is 2. The lowest BCUT2D eigenvalue weighted by atomic mass is 9.52. The summed E-state index contributed by atoms with van der Waals surface area (Å²) in [5.41, 5.74) is 1.02. The molecule has 2 nitrogen and oxygen atoms in total. The Bertz CT molecular complexity index is 138. The molecule has 0 aromatic rings. The van der Waals surface area contributed by atoms with Crippen LogP contribution in [0.5, 0.6) is 0 Å². The van der Waals surface area contributed by atoms with Crippen LogP contribution in [-0.2, 0) is 0 Å². The van der Waals surface area contributed by atoms with E-state index >= 15 is 0 Å². The minimum absolute atomic E-state index is 0.250. The lowest BCUT2D eigenvalue weighted by Gasteiger charge is -2.57. The van der Waals surface area contributed by atoms with Gasteiger partial charge in [0.2, 0.25) is 0 Å². The summed E-state index contributed by atoms with van der Waals surface area (Å²) in [5, 5.41) is 11.0. The molecule has 1 rings (SSSR count). The predicted molar refractivity (Wildman–Crippen MR) is 57.8 cm³/mol. The van der Waals surface area contributed by atoms with Crippen molar-refractivity contribution < 1.29 is 5.11 Å². The van der Waals surface area contributed by atoms with Crippen LogP contribution >= 0.6 is 0 Å². The maximum Gasteiger partial charge on any atom is 0.0402 e. The van der Waals surface area contributed by atoms with Crippen LogP contribution in [0.3, 0.4) is 0 Å². The van der Waals surface area contributed by atoms with Crippen LogP contribution in [0.2, 0.25) is 0 Å². The summed E-state index contributed by atoms with van der Waals surface area (Å²) >= 11 is 0. The van der Waals surface area contributed by atoms with Gasteiger partial charge in [0, 0.05) is 12.6 Å². The van der Waals surface area contributed by atoms with Crippen LogP contribution in [0, 0.1) is 10.8 Å². The molecule has 1 fully saturated rings. The van der Waals surface area contributed by atoms with Gasteiger partial charge in [-0.3, -0.25) is 0 Å². The smallest absolute Gasteiger partial charge is 0.0402 e. The Hall–Kier alpha value is -0.0800. The minimum Gasteiger partial charge on any atom is -0.397 e. The fourth-order valence-electron chi connectivity index (χ4n) is 3.09. The SMILES string of the molecule is CCO.CNC1C(C)(C)CC1(C)C. The molecule has 0 bridgehead atoms. The molecule has 0 heterocycles. The van der Waals surface area contributed by atoms with Gasteiger partial charge in [-0.05, 0) is 31.2 Å². The lowest BCUT2D eigenvalue weighted by Crippen LogP contribution is -2.61. The van der Waals surface area contributed by atoms with Crippen molar-refractivity contribution in [2.24, 2.45) is 10.8 Å². The third kappa shape index (κ3) is 2.96. The highest BCUT2D eigenvalue weighted by molar-refractivity contribution is 5.05. The van der Waals surface area contributed by atoms with Gasteiger partial charge in [0.05, 0.1) is 0 Å². The summed E-state index contributed by atoms with van der Waals surface area (Å²) in [7, 11) is 2.06. The van der Waals surface area contributed by atoms with E-state index in [2.05, 4.69) is 40.1 Å². The Morgan fingerprint density at radius 3 is 1.62 bits per heavy atom. The van der Waals surface area contributed by atoms with E-state index in [0.29, 0.717) is 16.9 Å². The van der Waals surface area contributed by atoms with Gasteiger partial charge >= 0.3 is 0 Å². The zero-order valence-electron chi connectivity index (χ0n) is 9.94. The monoisotopic (exact) mass is 187 g/mol. The van der Waals surface area contributed by atoms with Gasteiger partial charge in [0.25, 0.3) is 0 Å². The molecule has 0 aromatic heterocycles. The molecule has 1 aliphatic rings. The topological polar surface area (TPSA) is 32.3 Å². The van der Waals surface area contributed by atoms with E-state index in [1.165, 1.54) is 6.42 Å². The highest BCUT2D eigenvalue weighted by Crippen LogP contribution is 2.53. The van der Waals surface area contributed by atoms with Crippen molar-refractivity contribution in [1.82, 2.24) is 5.32 Å². The molecule has 0 amide bonds. The van der Waals surface area contributed by atoms with E-state index in [-0.39, 0.29) is 6.61 Å². The molecular formula is C11H25NO. The van der Waals surface area contributed by atoms with Gasteiger partial charge in [0.15, 0.2) is 0 Å². The minimum atomic E-state index is 0.250. The van der Waals surface area contributed by atoms with Crippen molar-refractivity contribution in [1.29, 1.82) is 0 Å². The van der Waals surface area contributed by atoms with E-state index in [9.17, 15) is 0 Å². The summed E-state index contributed by atoms with van der Waals surface area (Å²) in [6, 6.07) is 0.694. The average Bonchev–Trinajstić information content (AvgIpc) is 1.84. The van der Waals surface area contributed by atoms with Gasteiger partial charge in [-0.15, -0.1) is 0 Å². The van der Waals surface area contributed by atoms with Crippen molar-refractivity contribution >= 4 is 0 Å². The van der Waals surface area contributed by atoms with Crippen LogP contribution < -0.4 is 5.32 Å². The van der Waals surface area contributed by atoms with Crippen molar-refractivity contribution in [3.8, 4) is 0 Å². The molecular weight excluding hydrogens is 162 g/mol. The van der Waals surface area contributed by atoms with Gasteiger partial charge in [-0.2, -0.15) is 0 Å². The van der Waals surface area contributed by atoms with E-state index in [1.807, 2.05) is 0 Å². The molecule has 0 aromatic carbocycles. The molecule has 0 unspecified atom stereocenters. The molecule has 1 saturated carbocycles. The van der Waals surface area contributed by atoms with Crippen molar-refractivity contribution in [2.75, 3.05) is 13.7 Å². The van der Waals surface area contributed by atoms with Gasteiger partial charge in [-0.1, -0.05) is 27.7 Å². The Morgan fingerprint density at radius 1 is 1.23 bits per heavy atom. The highest BCUT2D eigenvalue weighted by atomic mass is 16.2. The Balaban J connectivity index is 0.000000424. The summed E-state index contributed by atoms with van der Waals surface area (Å²) in [6.45, 7) is 11.3. The fourth-order valence-corrected chi connectivity index (χ4v) is 3.09. The number of rotatable bonds is 1. The van der Waals surface area contributed by atoms with Crippen molar-refractivity contribution in [2.45, 2.75) is 47.1 Å². The third-order valence-corrected chi connectivity index (χ3v) is 2.76. The first-order valence-electron chi connectivity index (χ1n) is 5.10. The van der Waals surface area contributed by atoms with Gasteiger partial charge < -0.3 is 10.4 Å². The highest BCUT2D eigenvalue weighted by Gasteiger charge is 2.51. The molecule has 1 aliphatic carbocycles. The second-order valence-corrected chi connectivity index (χ2v) is 5.19. The first kappa shape index (κ1) is 12.9. The number of hydrogen-bond acceptors (Lipinski definition) is 2. The molecule has 0 radical (unpaired) electrons. The second-order valence-electron chi connectivity index (χ2n) is 5.19. The number of aliphatic hydroxyl groups excluding tert-OH is 1. The van der Waals surface area contributed by atoms with Crippen molar-refractivity contribution in [3.05, 3.63) is 0 Å². The standard InChI is InChI=1S/C9H19N.C2H6O/c1-8(2)6-9(3,4)7(8)10-5;1-2-3/h7,10H,6H2,1-5H3;3H,2H2,1H3. The second kappa shape index (κ2) is 4.43. The summed E-state index contributed by atoms with van der Waals surface area (Å²) in [4.78, 5) is 0. The third-order valence-electron chi connectivity index (χ3n) is 2.76. The molecule has 0 atom stereocenters. The normalized spacial score (nSPS) is 24.2. The molecule has 0 spiro atoms. The lowest BCUT2D eigenvalue weighted by molar-refractivity contribution is -0.0364. The fraction of sp³-hybridized carbons (Fsp3) is 1.00. The average molecular weight is 187 g/mol.